The lowest BCUT2D eigenvalue weighted by Gasteiger charge is -2.27. The second-order valence-corrected chi connectivity index (χ2v) is 13.5. The minimum absolute atomic E-state index is 0.0178. The molecule has 0 amide bonds. The number of nitrogens with two attached hydrogens (primary N) is 1. The fraction of sp³-hybridized carbons (Fsp3) is 0.560. The van der Waals surface area contributed by atoms with Crippen molar-refractivity contribution in [3.8, 4) is 0 Å². The van der Waals surface area contributed by atoms with Crippen LogP contribution < -0.4 is 16.5 Å². The van der Waals surface area contributed by atoms with Gasteiger partial charge in [0.2, 0.25) is 0 Å². The standard InChI is InChI=1S/C25H34F3N4O9PS/c1-23(2,14-33)21(35)43-11-10-39-42(38,30-12-15-4-6-16(7-5-15)25(26,27)28)40-13-17-19(34)24(3,37)20(41-17)32-9-8-18(29)31-22(32)36/h4-9,17,19-20,33-34,37H,10-14H2,1-3H3,(H,30,38)(H2,29,31,36)/t17-,19?,20-,24?,42?/m1/s1. The van der Waals surface area contributed by atoms with Crippen LogP contribution in [-0.4, -0.2) is 73.4 Å². The van der Waals surface area contributed by atoms with E-state index in [1.165, 1.54) is 31.3 Å². The number of nitrogens with one attached hydrogen (secondary N) is 1. The number of halogens is 3. The van der Waals surface area contributed by atoms with Crippen LogP contribution in [0.1, 0.15) is 38.1 Å². The first-order valence-electron chi connectivity index (χ1n) is 12.9. The van der Waals surface area contributed by atoms with Crippen LogP contribution >= 0.6 is 19.5 Å². The van der Waals surface area contributed by atoms with E-state index in [0.29, 0.717) is 5.56 Å². The van der Waals surface area contributed by atoms with Crippen LogP contribution in [0.4, 0.5) is 19.0 Å². The second-order valence-electron chi connectivity index (χ2n) is 10.6. The molecule has 13 nitrogen and oxygen atoms in total. The van der Waals surface area contributed by atoms with Gasteiger partial charge in [0.05, 0.1) is 30.8 Å². The summed E-state index contributed by atoms with van der Waals surface area (Å²) in [5, 5.41) is 33.2. The van der Waals surface area contributed by atoms with E-state index in [1.807, 2.05) is 0 Å². The minimum atomic E-state index is -4.54. The molecule has 0 bridgehead atoms. The zero-order valence-electron chi connectivity index (χ0n) is 23.5. The third-order valence-corrected chi connectivity index (χ3v) is 9.29. The number of aromatic nitrogens is 2. The zero-order valence-corrected chi connectivity index (χ0v) is 25.2. The van der Waals surface area contributed by atoms with Crippen LogP contribution in [-0.2, 0) is 35.9 Å². The smallest absolute Gasteiger partial charge is 0.395 e. The van der Waals surface area contributed by atoms with Gasteiger partial charge in [-0.15, -0.1) is 0 Å². The Balaban J connectivity index is 1.72. The number of aliphatic hydroxyl groups is 3. The van der Waals surface area contributed by atoms with Crippen molar-refractivity contribution in [2.75, 3.05) is 31.3 Å². The number of carbonyl (C=O) groups excluding carboxylic acids is 1. The SMILES string of the molecule is CC(C)(CO)C(=O)SCCOP(=O)(NCc1ccc(C(F)(F)F)cc1)OC[C@H]1O[C@@H](n2ccc(N)nc2=O)C(C)(O)C1O. The number of nitrogen functional groups attached to an aromatic ring is 1. The number of nitrogens with zero attached hydrogens (tertiary/aromatic N) is 2. The number of thioether (sulfide) groups is 1. The largest absolute Gasteiger partial charge is 0.416 e. The molecule has 0 radical (unpaired) electrons. The Hall–Kier alpha value is -2.34. The van der Waals surface area contributed by atoms with E-state index in [-0.39, 0.29) is 36.4 Å². The lowest BCUT2D eigenvalue weighted by molar-refractivity contribution is -0.137. The Bertz CT molecular complexity index is 1370. The van der Waals surface area contributed by atoms with Crippen molar-refractivity contribution < 1.29 is 51.6 Å². The molecule has 240 valence electrons. The van der Waals surface area contributed by atoms with Crippen molar-refractivity contribution in [3.63, 3.8) is 0 Å². The first kappa shape index (κ1) is 35.1. The summed E-state index contributed by atoms with van der Waals surface area (Å²) in [5.74, 6) is -0.0550. The average Bonchev–Trinajstić information content (AvgIpc) is 3.16. The van der Waals surface area contributed by atoms with Gasteiger partial charge >= 0.3 is 19.6 Å². The summed E-state index contributed by atoms with van der Waals surface area (Å²) in [6, 6.07) is 5.35. The third-order valence-electron chi connectivity index (χ3n) is 6.55. The van der Waals surface area contributed by atoms with E-state index in [2.05, 4.69) is 10.1 Å². The Morgan fingerprint density at radius 1 is 1.26 bits per heavy atom. The van der Waals surface area contributed by atoms with Crippen molar-refractivity contribution >= 4 is 30.4 Å². The van der Waals surface area contributed by atoms with Gasteiger partial charge in [0.25, 0.3) is 0 Å². The molecule has 2 heterocycles. The summed E-state index contributed by atoms with van der Waals surface area (Å²) < 4.78 is 69.9. The highest BCUT2D eigenvalue weighted by molar-refractivity contribution is 8.13. The molecule has 18 heteroatoms. The predicted molar refractivity (Wildman–Crippen MR) is 150 cm³/mol. The molecule has 0 saturated carbocycles. The maximum atomic E-state index is 13.6. The van der Waals surface area contributed by atoms with E-state index in [0.717, 1.165) is 28.5 Å². The van der Waals surface area contributed by atoms with Crippen molar-refractivity contribution in [3.05, 3.63) is 58.1 Å². The van der Waals surface area contributed by atoms with Gasteiger partial charge in [-0.1, -0.05) is 23.9 Å². The molecule has 0 aliphatic carbocycles. The fourth-order valence-corrected chi connectivity index (χ4v) is 6.07. The third kappa shape index (κ3) is 8.86. The van der Waals surface area contributed by atoms with Crippen LogP contribution in [0.15, 0.2) is 41.3 Å². The molecule has 1 aliphatic heterocycles. The first-order chi connectivity index (χ1) is 19.9. The summed E-state index contributed by atoms with van der Waals surface area (Å²) in [4.78, 5) is 28.1. The first-order valence-corrected chi connectivity index (χ1v) is 15.4. The summed E-state index contributed by atoms with van der Waals surface area (Å²) in [7, 11) is -4.28. The lowest BCUT2D eigenvalue weighted by atomic mass is 9.96. The van der Waals surface area contributed by atoms with Crippen molar-refractivity contribution in [1.29, 1.82) is 0 Å². The highest BCUT2D eigenvalue weighted by Gasteiger charge is 2.54. The molecule has 6 N–H and O–H groups in total. The number of hydrogen-bond acceptors (Lipinski definition) is 12. The van der Waals surface area contributed by atoms with Gasteiger partial charge in [0.15, 0.2) is 11.3 Å². The number of ether oxygens (including phenoxy) is 1. The van der Waals surface area contributed by atoms with Crippen molar-refractivity contribution in [2.24, 2.45) is 5.41 Å². The van der Waals surface area contributed by atoms with Crippen molar-refractivity contribution in [1.82, 2.24) is 14.6 Å². The van der Waals surface area contributed by atoms with Crippen LogP contribution in [0.2, 0.25) is 0 Å². The monoisotopic (exact) mass is 654 g/mol. The Labute approximate surface area is 249 Å². The Kier molecular flexibility index (Phi) is 11.2. The van der Waals surface area contributed by atoms with Crippen molar-refractivity contribution in [2.45, 2.75) is 57.5 Å². The van der Waals surface area contributed by atoms with Gasteiger partial charge in [-0.25, -0.2) is 14.4 Å². The summed E-state index contributed by atoms with van der Waals surface area (Å²) in [6.45, 7) is 2.77. The highest BCUT2D eigenvalue weighted by Crippen LogP contribution is 2.46. The van der Waals surface area contributed by atoms with E-state index >= 15 is 0 Å². The number of alkyl halides is 3. The molecule has 1 fully saturated rings. The van der Waals surface area contributed by atoms with E-state index in [4.69, 9.17) is 19.5 Å². The van der Waals surface area contributed by atoms with Gasteiger partial charge in [-0.3, -0.25) is 18.4 Å². The zero-order chi connectivity index (χ0) is 32.2. The molecule has 1 aromatic heterocycles. The maximum absolute atomic E-state index is 13.6. The fourth-order valence-electron chi connectivity index (χ4n) is 3.83. The molecule has 2 aromatic rings. The molecule has 3 unspecified atom stereocenters. The summed E-state index contributed by atoms with van der Waals surface area (Å²) in [6.07, 6.45) is -7.71. The molecule has 1 saturated heterocycles. The second kappa shape index (κ2) is 13.7. The summed E-state index contributed by atoms with van der Waals surface area (Å²) >= 11 is 0.831. The van der Waals surface area contributed by atoms with E-state index < -0.39 is 61.2 Å². The molecule has 5 atom stereocenters. The molecule has 3 rings (SSSR count). The van der Waals surface area contributed by atoms with Crippen LogP contribution in [0.25, 0.3) is 0 Å². The number of carbonyl (C=O) groups is 1. The van der Waals surface area contributed by atoms with E-state index in [9.17, 15) is 42.6 Å². The van der Waals surface area contributed by atoms with Gasteiger partial charge in [-0.05, 0) is 44.5 Å². The summed E-state index contributed by atoms with van der Waals surface area (Å²) in [5.41, 5.74) is 1.05. The van der Waals surface area contributed by atoms with Gasteiger partial charge in [0.1, 0.15) is 23.6 Å². The Morgan fingerprint density at radius 3 is 2.49 bits per heavy atom. The number of hydrogen-bond donors (Lipinski definition) is 5. The number of benzene rings is 1. The molecule has 43 heavy (non-hydrogen) atoms. The van der Waals surface area contributed by atoms with Gasteiger partial charge < -0.3 is 25.8 Å². The van der Waals surface area contributed by atoms with Gasteiger partial charge in [-0.2, -0.15) is 18.2 Å². The molecule has 0 spiro atoms. The maximum Gasteiger partial charge on any atom is 0.416 e. The highest BCUT2D eigenvalue weighted by atomic mass is 32.2. The lowest BCUT2D eigenvalue weighted by Crippen LogP contribution is -2.46. The molecule has 1 aromatic carbocycles. The average molecular weight is 655 g/mol. The van der Waals surface area contributed by atoms with Crippen LogP contribution in [0, 0.1) is 5.41 Å². The quantitative estimate of drug-likeness (QED) is 0.156. The topological polar surface area (TPSA) is 195 Å². The number of aliphatic hydroxyl groups excluding tert-OH is 2. The minimum Gasteiger partial charge on any atom is -0.395 e. The predicted octanol–water partition coefficient (Wildman–Crippen LogP) is 2.06. The number of rotatable bonds is 13. The van der Waals surface area contributed by atoms with E-state index in [1.54, 1.807) is 13.8 Å². The normalized spacial score (nSPS) is 24.2. The molecule has 1 aliphatic rings. The van der Waals surface area contributed by atoms with Crippen LogP contribution in [0.3, 0.4) is 0 Å². The number of anilines is 1. The molecular weight excluding hydrogens is 620 g/mol. The Morgan fingerprint density at radius 2 is 1.91 bits per heavy atom. The van der Waals surface area contributed by atoms with Gasteiger partial charge in [0, 0.05) is 18.5 Å². The van der Waals surface area contributed by atoms with Crippen LogP contribution in [0.5, 0.6) is 0 Å². The molecular formula is C25H34F3N4O9PS.